The number of aromatic nitrogens is 1. The van der Waals surface area contributed by atoms with Gasteiger partial charge in [-0.25, -0.2) is 0 Å². The van der Waals surface area contributed by atoms with E-state index in [1.165, 1.54) is 11.8 Å². The van der Waals surface area contributed by atoms with Crippen LogP contribution in [0.3, 0.4) is 0 Å². The number of hydrogen-bond donors (Lipinski definition) is 0. The third-order valence-corrected chi connectivity index (χ3v) is 6.60. The summed E-state index contributed by atoms with van der Waals surface area (Å²) in [5.41, 5.74) is 3.26. The van der Waals surface area contributed by atoms with E-state index in [0.29, 0.717) is 28.9 Å². The van der Waals surface area contributed by atoms with Crippen LogP contribution in [0, 0.1) is 0 Å². The van der Waals surface area contributed by atoms with Crippen LogP contribution in [0.4, 0.5) is 0 Å². The van der Waals surface area contributed by atoms with Crippen LogP contribution in [0.5, 0.6) is 5.75 Å². The molecule has 6 heteroatoms. The number of fused-ring (bicyclic) bond motifs is 1. The van der Waals surface area contributed by atoms with Crippen molar-refractivity contribution >= 4 is 51.2 Å². The summed E-state index contributed by atoms with van der Waals surface area (Å²) in [6, 6.07) is 16.3. The molecule has 0 bridgehead atoms. The molecule has 2 heterocycles. The first-order chi connectivity index (χ1) is 15.1. The van der Waals surface area contributed by atoms with Crippen LogP contribution in [0.25, 0.3) is 17.0 Å². The van der Waals surface area contributed by atoms with E-state index < -0.39 is 0 Å². The van der Waals surface area contributed by atoms with Gasteiger partial charge in [0.15, 0.2) is 0 Å². The summed E-state index contributed by atoms with van der Waals surface area (Å²) in [6.07, 6.45) is 6.70. The molecule has 1 aromatic heterocycles. The molecule has 0 aliphatic carbocycles. The summed E-state index contributed by atoms with van der Waals surface area (Å²) < 4.78 is 8.88. The molecular formula is C25H24N2O2S2. The second-order valence-corrected chi connectivity index (χ2v) is 8.85. The Balaban J connectivity index is 1.57. The zero-order valence-electron chi connectivity index (χ0n) is 17.4. The molecule has 3 aromatic rings. The van der Waals surface area contributed by atoms with Crippen LogP contribution in [0.1, 0.15) is 18.1 Å². The highest BCUT2D eigenvalue weighted by atomic mass is 32.2. The highest BCUT2D eigenvalue weighted by Crippen LogP contribution is 2.34. The molecule has 1 aliphatic heterocycles. The second-order valence-electron chi connectivity index (χ2n) is 7.17. The van der Waals surface area contributed by atoms with E-state index in [1.54, 1.807) is 4.90 Å². The molecule has 1 fully saturated rings. The van der Waals surface area contributed by atoms with Gasteiger partial charge < -0.3 is 9.30 Å². The van der Waals surface area contributed by atoms with Gasteiger partial charge in [-0.2, -0.15) is 0 Å². The highest BCUT2D eigenvalue weighted by Gasteiger charge is 2.30. The van der Waals surface area contributed by atoms with Crippen molar-refractivity contribution in [3.8, 4) is 5.75 Å². The van der Waals surface area contributed by atoms with E-state index in [1.807, 2.05) is 49.4 Å². The molecule has 4 nitrogen and oxygen atoms in total. The predicted molar refractivity (Wildman–Crippen MR) is 133 cm³/mol. The van der Waals surface area contributed by atoms with Crippen molar-refractivity contribution < 1.29 is 9.53 Å². The number of benzene rings is 2. The maximum absolute atomic E-state index is 12.6. The van der Waals surface area contributed by atoms with Crippen molar-refractivity contribution in [3.63, 3.8) is 0 Å². The van der Waals surface area contributed by atoms with E-state index in [-0.39, 0.29) is 5.91 Å². The number of thiocarbonyl (C=S) groups is 1. The Morgan fingerprint density at radius 2 is 1.94 bits per heavy atom. The number of hydrogen-bond acceptors (Lipinski definition) is 4. The molecular weight excluding hydrogens is 424 g/mol. The second kappa shape index (κ2) is 9.54. The van der Waals surface area contributed by atoms with Crippen molar-refractivity contribution in [3.05, 3.63) is 83.4 Å². The monoisotopic (exact) mass is 448 g/mol. The number of rotatable bonds is 8. The lowest BCUT2D eigenvalue weighted by Crippen LogP contribution is -2.27. The predicted octanol–water partition coefficient (Wildman–Crippen LogP) is 5.67. The Hall–Kier alpha value is -2.83. The maximum atomic E-state index is 12.6. The SMILES string of the molecule is C=CCc1ccccc1OCCn1cc(/C=C2/SC(=S)N(CC)C2=O)c2ccccc21. The Kier molecular flexibility index (Phi) is 6.59. The molecule has 4 rings (SSSR count). The normalized spacial score (nSPS) is 15.3. The van der Waals surface area contributed by atoms with Crippen LogP contribution in [0.2, 0.25) is 0 Å². The molecule has 0 unspecified atom stereocenters. The molecule has 0 atom stereocenters. The lowest BCUT2D eigenvalue weighted by molar-refractivity contribution is -0.121. The molecule has 0 radical (unpaired) electrons. The maximum Gasteiger partial charge on any atom is 0.266 e. The van der Waals surface area contributed by atoms with E-state index in [0.717, 1.165) is 34.2 Å². The molecule has 2 aromatic carbocycles. The quantitative estimate of drug-likeness (QED) is 0.253. The summed E-state index contributed by atoms with van der Waals surface area (Å²) in [5, 5.41) is 1.11. The zero-order chi connectivity index (χ0) is 21.8. The van der Waals surface area contributed by atoms with Gasteiger partial charge in [0, 0.05) is 29.2 Å². The molecule has 1 aliphatic rings. The summed E-state index contributed by atoms with van der Waals surface area (Å²) in [7, 11) is 0. The fourth-order valence-electron chi connectivity index (χ4n) is 3.71. The number of para-hydroxylation sites is 2. The molecule has 1 amide bonds. The average Bonchev–Trinajstić information content (AvgIpc) is 3.26. The van der Waals surface area contributed by atoms with Gasteiger partial charge in [-0.3, -0.25) is 9.69 Å². The van der Waals surface area contributed by atoms with Crippen molar-refractivity contribution in [2.24, 2.45) is 0 Å². The summed E-state index contributed by atoms with van der Waals surface area (Å²) in [6.45, 7) is 7.60. The molecule has 1 saturated heterocycles. The summed E-state index contributed by atoms with van der Waals surface area (Å²) >= 11 is 6.71. The van der Waals surface area contributed by atoms with Crippen molar-refractivity contribution in [1.82, 2.24) is 9.47 Å². The minimum absolute atomic E-state index is 0.0171. The van der Waals surface area contributed by atoms with Crippen molar-refractivity contribution in [2.45, 2.75) is 19.9 Å². The third-order valence-electron chi connectivity index (χ3n) is 5.22. The van der Waals surface area contributed by atoms with Crippen molar-refractivity contribution in [1.29, 1.82) is 0 Å². The van der Waals surface area contributed by atoms with Gasteiger partial charge >= 0.3 is 0 Å². The number of carbonyl (C=O) groups excluding carboxylic acids is 1. The van der Waals surface area contributed by atoms with Gasteiger partial charge in [-0.05, 0) is 37.1 Å². The minimum atomic E-state index is -0.0171. The van der Waals surface area contributed by atoms with Crippen LogP contribution in [0.15, 0.2) is 72.3 Å². The highest BCUT2D eigenvalue weighted by molar-refractivity contribution is 8.26. The molecule has 158 valence electrons. The van der Waals surface area contributed by atoms with Gasteiger partial charge in [0.1, 0.15) is 16.7 Å². The molecule has 0 spiro atoms. The number of amides is 1. The van der Waals surface area contributed by atoms with E-state index in [9.17, 15) is 4.79 Å². The Labute approximate surface area is 192 Å². The fourth-order valence-corrected chi connectivity index (χ4v) is 5.09. The number of thioether (sulfide) groups is 1. The largest absolute Gasteiger partial charge is 0.491 e. The Morgan fingerprint density at radius 1 is 1.16 bits per heavy atom. The van der Waals surface area contributed by atoms with E-state index in [2.05, 4.69) is 35.5 Å². The van der Waals surface area contributed by atoms with Crippen molar-refractivity contribution in [2.75, 3.05) is 13.2 Å². The first kappa shape index (κ1) is 21.4. The van der Waals surface area contributed by atoms with E-state index in [4.69, 9.17) is 17.0 Å². The standard InChI is InChI=1S/C25H24N2O2S2/c1-3-9-18-10-5-8-13-22(18)29-15-14-26-17-19(20-11-6-7-12-21(20)26)16-23-24(28)27(4-2)25(30)31-23/h3,5-8,10-13,16-17H,1,4,9,14-15H2,2H3/b23-16+. The topological polar surface area (TPSA) is 34.5 Å². The number of allylic oxidation sites excluding steroid dienone is 1. The molecule has 31 heavy (non-hydrogen) atoms. The molecule has 0 saturated carbocycles. The van der Waals surface area contributed by atoms with Gasteiger partial charge in [0.05, 0.1) is 11.4 Å². The smallest absolute Gasteiger partial charge is 0.266 e. The zero-order valence-corrected chi connectivity index (χ0v) is 19.0. The summed E-state index contributed by atoms with van der Waals surface area (Å²) in [5.74, 6) is 0.874. The van der Waals surface area contributed by atoms with Gasteiger partial charge in [0.25, 0.3) is 5.91 Å². The fraction of sp³-hybridized carbons (Fsp3) is 0.200. The van der Waals surface area contributed by atoms with Crippen LogP contribution in [-0.2, 0) is 17.8 Å². The lowest BCUT2D eigenvalue weighted by Gasteiger charge is -2.11. The lowest BCUT2D eigenvalue weighted by atomic mass is 10.1. The summed E-state index contributed by atoms with van der Waals surface area (Å²) in [4.78, 5) is 14.9. The number of carbonyl (C=O) groups is 1. The van der Waals surface area contributed by atoms with Crippen LogP contribution >= 0.6 is 24.0 Å². The first-order valence-electron chi connectivity index (χ1n) is 10.3. The number of nitrogens with zero attached hydrogens (tertiary/aromatic N) is 2. The molecule has 0 N–H and O–H groups in total. The Bertz CT molecular complexity index is 1180. The van der Waals surface area contributed by atoms with Gasteiger partial charge in [-0.15, -0.1) is 6.58 Å². The van der Waals surface area contributed by atoms with Crippen LogP contribution in [-0.4, -0.2) is 32.8 Å². The van der Waals surface area contributed by atoms with Gasteiger partial charge in [0.2, 0.25) is 0 Å². The first-order valence-corrected chi connectivity index (χ1v) is 11.5. The number of ether oxygens (including phenoxy) is 1. The minimum Gasteiger partial charge on any atom is -0.491 e. The third kappa shape index (κ3) is 4.45. The van der Waals surface area contributed by atoms with Crippen LogP contribution < -0.4 is 4.74 Å². The van der Waals surface area contributed by atoms with Gasteiger partial charge in [-0.1, -0.05) is 66.5 Å². The number of likely N-dealkylation sites (N-methyl/N-ethyl adjacent to an activating group) is 1. The van der Waals surface area contributed by atoms with E-state index >= 15 is 0 Å². The average molecular weight is 449 g/mol. The Morgan fingerprint density at radius 3 is 2.71 bits per heavy atom.